The molecule has 2 nitrogen and oxygen atoms in total. The Morgan fingerprint density at radius 1 is 1.13 bits per heavy atom. The lowest BCUT2D eigenvalue weighted by Gasteiger charge is -2.22. The molecule has 120 valence electrons. The van der Waals surface area contributed by atoms with Crippen molar-refractivity contribution in [2.45, 2.75) is 39.2 Å². The van der Waals surface area contributed by atoms with Crippen LogP contribution >= 0.6 is 0 Å². The molecule has 0 aliphatic rings. The molecule has 0 spiro atoms. The lowest BCUT2D eigenvalue weighted by molar-refractivity contribution is 0.111. The first-order valence-electron chi connectivity index (χ1n) is 7.86. The van der Waals surface area contributed by atoms with Crippen LogP contribution in [0.25, 0.3) is 0 Å². The van der Waals surface area contributed by atoms with Gasteiger partial charge in [-0.15, -0.1) is 6.58 Å². The summed E-state index contributed by atoms with van der Waals surface area (Å²) in [5.74, 6) is 0.664. The number of rotatable bonds is 6. The Labute approximate surface area is 138 Å². The number of benzene rings is 2. The van der Waals surface area contributed by atoms with Gasteiger partial charge in [-0.05, 0) is 34.6 Å². The second-order valence-corrected chi connectivity index (χ2v) is 6.69. The zero-order valence-corrected chi connectivity index (χ0v) is 14.1. The summed E-state index contributed by atoms with van der Waals surface area (Å²) < 4.78 is 5.99. The zero-order valence-electron chi connectivity index (χ0n) is 14.1. The molecule has 2 aromatic rings. The molecule has 0 aliphatic carbocycles. The topological polar surface area (TPSA) is 26.3 Å². The van der Waals surface area contributed by atoms with Crippen LogP contribution in [0, 0.1) is 0 Å². The fourth-order valence-corrected chi connectivity index (χ4v) is 2.45. The highest BCUT2D eigenvalue weighted by molar-refractivity contribution is 5.81. The lowest BCUT2D eigenvalue weighted by atomic mass is 9.84. The van der Waals surface area contributed by atoms with Gasteiger partial charge in [0, 0.05) is 0 Å². The van der Waals surface area contributed by atoms with Crippen molar-refractivity contribution in [1.82, 2.24) is 0 Å². The molecule has 0 fully saturated rings. The maximum Gasteiger partial charge on any atom is 0.153 e. The predicted octanol–water partition coefficient (Wildman–Crippen LogP) is 5.10. The summed E-state index contributed by atoms with van der Waals surface area (Å²) in [6.07, 6.45) is 3.39. The van der Waals surface area contributed by atoms with Crippen LogP contribution in [-0.2, 0) is 18.4 Å². The minimum atomic E-state index is -0.0222. The largest absolute Gasteiger partial charge is 0.488 e. The first kappa shape index (κ1) is 17.0. The molecule has 0 heterocycles. The van der Waals surface area contributed by atoms with Gasteiger partial charge in [0.25, 0.3) is 0 Å². The standard InChI is InChI=1S/C21H24O2/c1-5-9-17-12-19(21(2,3)4)13-18(14-22)20(17)23-15-16-10-7-6-8-11-16/h5-8,10-14H,1,9,15H2,2-4H3. The number of ether oxygens (including phenoxy) is 1. The highest BCUT2D eigenvalue weighted by Crippen LogP contribution is 2.32. The van der Waals surface area contributed by atoms with Gasteiger partial charge in [0.1, 0.15) is 12.4 Å². The van der Waals surface area contributed by atoms with Crippen LogP contribution < -0.4 is 4.74 Å². The average Bonchev–Trinajstić information content (AvgIpc) is 2.53. The SMILES string of the molecule is C=CCc1cc(C(C)(C)C)cc(C=O)c1OCc1ccccc1. The van der Waals surface area contributed by atoms with E-state index in [2.05, 4.69) is 33.4 Å². The van der Waals surface area contributed by atoms with Crippen molar-refractivity contribution in [3.8, 4) is 5.75 Å². The van der Waals surface area contributed by atoms with E-state index in [4.69, 9.17) is 4.74 Å². The first-order valence-corrected chi connectivity index (χ1v) is 7.86. The van der Waals surface area contributed by atoms with E-state index in [1.54, 1.807) is 0 Å². The molecular weight excluding hydrogens is 284 g/mol. The molecule has 2 heteroatoms. The second-order valence-electron chi connectivity index (χ2n) is 6.69. The van der Waals surface area contributed by atoms with Gasteiger partial charge in [-0.25, -0.2) is 0 Å². The number of hydrogen-bond acceptors (Lipinski definition) is 2. The third-order valence-electron chi connectivity index (χ3n) is 3.78. The zero-order chi connectivity index (χ0) is 16.9. The van der Waals surface area contributed by atoms with Crippen LogP contribution in [0.4, 0.5) is 0 Å². The van der Waals surface area contributed by atoms with Crippen LogP contribution in [-0.4, -0.2) is 6.29 Å². The summed E-state index contributed by atoms with van der Waals surface area (Å²) in [4.78, 5) is 11.6. The summed E-state index contributed by atoms with van der Waals surface area (Å²) in [7, 11) is 0. The maximum absolute atomic E-state index is 11.6. The van der Waals surface area contributed by atoms with Crippen molar-refractivity contribution < 1.29 is 9.53 Å². The molecule has 0 saturated carbocycles. The van der Waals surface area contributed by atoms with Gasteiger partial charge in [0.15, 0.2) is 6.29 Å². The molecule has 0 amide bonds. The van der Waals surface area contributed by atoms with E-state index in [-0.39, 0.29) is 5.41 Å². The Kier molecular flexibility index (Phi) is 5.38. The number of aldehydes is 1. The van der Waals surface area contributed by atoms with Crippen molar-refractivity contribution in [3.05, 3.63) is 77.4 Å². The Morgan fingerprint density at radius 3 is 2.39 bits per heavy atom. The van der Waals surface area contributed by atoms with E-state index in [0.717, 1.165) is 23.0 Å². The Balaban J connectivity index is 2.39. The van der Waals surface area contributed by atoms with E-state index < -0.39 is 0 Å². The van der Waals surface area contributed by atoms with Gasteiger partial charge in [0.05, 0.1) is 5.56 Å². The van der Waals surface area contributed by atoms with Gasteiger partial charge in [-0.3, -0.25) is 4.79 Å². The van der Waals surface area contributed by atoms with Crippen molar-refractivity contribution in [2.24, 2.45) is 0 Å². The number of carbonyl (C=O) groups is 1. The lowest BCUT2D eigenvalue weighted by Crippen LogP contribution is -2.13. The second kappa shape index (κ2) is 7.28. The van der Waals surface area contributed by atoms with E-state index in [1.165, 1.54) is 0 Å². The van der Waals surface area contributed by atoms with Crippen LogP contribution in [0.2, 0.25) is 0 Å². The fraction of sp³-hybridized carbons (Fsp3) is 0.286. The van der Waals surface area contributed by atoms with E-state index >= 15 is 0 Å². The van der Waals surface area contributed by atoms with Crippen LogP contribution in [0.5, 0.6) is 5.75 Å². The number of hydrogen-bond donors (Lipinski definition) is 0. The smallest absolute Gasteiger partial charge is 0.153 e. The van der Waals surface area contributed by atoms with Crippen molar-refractivity contribution in [1.29, 1.82) is 0 Å². The van der Waals surface area contributed by atoms with Crippen LogP contribution in [0.15, 0.2) is 55.1 Å². The number of carbonyl (C=O) groups excluding carboxylic acids is 1. The molecule has 0 aromatic heterocycles. The van der Waals surface area contributed by atoms with Crippen molar-refractivity contribution in [2.75, 3.05) is 0 Å². The molecule has 0 atom stereocenters. The van der Waals surface area contributed by atoms with E-state index in [0.29, 0.717) is 24.3 Å². The summed E-state index contributed by atoms with van der Waals surface area (Å²) in [5, 5.41) is 0. The van der Waals surface area contributed by atoms with E-state index in [9.17, 15) is 4.79 Å². The van der Waals surface area contributed by atoms with Gasteiger partial charge in [-0.2, -0.15) is 0 Å². The third kappa shape index (κ3) is 4.32. The monoisotopic (exact) mass is 308 g/mol. The van der Waals surface area contributed by atoms with Gasteiger partial charge >= 0.3 is 0 Å². The summed E-state index contributed by atoms with van der Waals surface area (Å²) >= 11 is 0. The van der Waals surface area contributed by atoms with E-state index in [1.807, 2.05) is 42.5 Å². The highest BCUT2D eigenvalue weighted by atomic mass is 16.5. The van der Waals surface area contributed by atoms with Gasteiger partial charge < -0.3 is 4.74 Å². The summed E-state index contributed by atoms with van der Waals surface area (Å²) in [6, 6.07) is 14.0. The average molecular weight is 308 g/mol. The van der Waals surface area contributed by atoms with Gasteiger partial charge in [-0.1, -0.05) is 63.2 Å². The molecule has 0 aliphatic heterocycles. The molecule has 2 rings (SSSR count). The maximum atomic E-state index is 11.6. The highest BCUT2D eigenvalue weighted by Gasteiger charge is 2.19. The van der Waals surface area contributed by atoms with Crippen molar-refractivity contribution >= 4 is 6.29 Å². The third-order valence-corrected chi connectivity index (χ3v) is 3.78. The normalized spacial score (nSPS) is 11.1. The number of allylic oxidation sites excluding steroid dienone is 1. The molecule has 0 saturated heterocycles. The Morgan fingerprint density at radius 2 is 1.83 bits per heavy atom. The summed E-state index contributed by atoms with van der Waals surface area (Å²) in [6.45, 7) is 10.7. The molecule has 0 unspecified atom stereocenters. The molecule has 2 aromatic carbocycles. The molecule has 23 heavy (non-hydrogen) atoms. The predicted molar refractivity (Wildman–Crippen MR) is 95.2 cm³/mol. The minimum Gasteiger partial charge on any atom is -0.488 e. The van der Waals surface area contributed by atoms with Crippen LogP contribution in [0.1, 0.15) is 47.8 Å². The minimum absolute atomic E-state index is 0.0222. The molecule has 0 bridgehead atoms. The Hall–Kier alpha value is -2.35. The van der Waals surface area contributed by atoms with Crippen LogP contribution in [0.3, 0.4) is 0 Å². The molecule has 0 radical (unpaired) electrons. The molecule has 0 N–H and O–H groups in total. The first-order chi connectivity index (χ1) is 11.0. The Bertz CT molecular complexity index is 679. The van der Waals surface area contributed by atoms with Crippen molar-refractivity contribution in [3.63, 3.8) is 0 Å². The molecular formula is C21H24O2. The quantitative estimate of drug-likeness (QED) is 0.548. The van der Waals surface area contributed by atoms with Gasteiger partial charge in [0.2, 0.25) is 0 Å². The fourth-order valence-electron chi connectivity index (χ4n) is 2.45. The summed E-state index contributed by atoms with van der Waals surface area (Å²) in [5.41, 5.74) is 3.79.